The number of rotatable bonds is 5. The summed E-state index contributed by atoms with van der Waals surface area (Å²) < 4.78 is 32.7. The van der Waals surface area contributed by atoms with Gasteiger partial charge in [0.25, 0.3) is 15.9 Å². The van der Waals surface area contributed by atoms with Crippen molar-refractivity contribution in [2.45, 2.75) is 35.6 Å². The van der Waals surface area contributed by atoms with Crippen LogP contribution in [0.2, 0.25) is 0 Å². The maximum Gasteiger partial charge on any atom is 0.407 e. The summed E-state index contributed by atoms with van der Waals surface area (Å²) in [6.45, 7) is 2.34. The summed E-state index contributed by atoms with van der Waals surface area (Å²) in [4.78, 5) is 39.1. The molecule has 2 saturated heterocycles. The predicted octanol–water partition coefficient (Wildman–Crippen LogP) is 0.220. The van der Waals surface area contributed by atoms with Gasteiger partial charge in [0.05, 0.1) is 5.54 Å². The van der Waals surface area contributed by atoms with E-state index >= 15 is 0 Å². The zero-order valence-corrected chi connectivity index (χ0v) is 18.7. The molecule has 1 aromatic rings. The second-order valence-electron chi connectivity index (χ2n) is 7.29. The number of nitrogens with one attached hydrogen (secondary N) is 2. The summed E-state index contributed by atoms with van der Waals surface area (Å²) in [5.74, 6) is -1.82. The summed E-state index contributed by atoms with van der Waals surface area (Å²) >= 11 is 1.15. The summed E-state index contributed by atoms with van der Waals surface area (Å²) in [5.41, 5.74) is -0.935. The Morgan fingerprint density at radius 2 is 2.00 bits per heavy atom. The number of carbonyl (C=O) groups is 3. The molecule has 3 rings (SSSR count). The fourth-order valence-corrected chi connectivity index (χ4v) is 6.88. The first kappa shape index (κ1) is 22.5. The lowest BCUT2D eigenvalue weighted by Gasteiger charge is -2.45. The number of alkyl carbamates (subject to hydrolysis) is 1. The van der Waals surface area contributed by atoms with Gasteiger partial charge in [-0.25, -0.2) is 13.2 Å². The molecule has 0 radical (unpaired) electrons. The van der Waals surface area contributed by atoms with Gasteiger partial charge in [-0.2, -0.15) is 4.31 Å². The first-order chi connectivity index (χ1) is 14.2. The molecule has 3 heterocycles. The van der Waals surface area contributed by atoms with Crippen molar-refractivity contribution in [2.24, 2.45) is 5.92 Å². The summed E-state index contributed by atoms with van der Waals surface area (Å²) in [6.07, 6.45) is -1.52. The number of sulfonamides is 1. The number of hydrogen-bond acceptors (Lipinski definition) is 7. The Labute approximate surface area is 179 Å². The molecule has 1 spiro atoms. The van der Waals surface area contributed by atoms with Gasteiger partial charge in [0, 0.05) is 33.7 Å². The molecule has 1 aromatic heterocycles. The van der Waals surface area contributed by atoms with Gasteiger partial charge in [-0.3, -0.25) is 9.59 Å². The molecular formula is C18H26N4O6S2. The van der Waals surface area contributed by atoms with Gasteiger partial charge >= 0.3 is 6.09 Å². The van der Waals surface area contributed by atoms with Gasteiger partial charge in [0.2, 0.25) is 5.91 Å². The van der Waals surface area contributed by atoms with Crippen LogP contribution in [0, 0.1) is 5.92 Å². The van der Waals surface area contributed by atoms with Crippen LogP contribution in [-0.2, 0) is 24.3 Å². The lowest BCUT2D eigenvalue weighted by Crippen LogP contribution is -2.58. The Morgan fingerprint density at radius 3 is 2.53 bits per heavy atom. The molecule has 2 fully saturated rings. The first-order valence-corrected chi connectivity index (χ1v) is 12.0. The number of carbonyl (C=O) groups excluding carboxylic acids is 3. The van der Waals surface area contributed by atoms with Crippen LogP contribution >= 0.6 is 11.3 Å². The van der Waals surface area contributed by atoms with Crippen LogP contribution in [0.1, 0.15) is 19.8 Å². The van der Waals surface area contributed by atoms with E-state index < -0.39 is 45.5 Å². The van der Waals surface area contributed by atoms with E-state index in [2.05, 4.69) is 10.6 Å². The number of nitrogens with zero attached hydrogens (tertiary/aromatic N) is 2. The maximum atomic E-state index is 12.9. The number of ether oxygens (including phenoxy) is 1. The molecule has 0 saturated carbocycles. The number of amides is 3. The third-order valence-electron chi connectivity index (χ3n) is 5.89. The molecule has 0 aliphatic carbocycles. The summed E-state index contributed by atoms with van der Waals surface area (Å²) in [5, 5.41) is 6.73. The minimum atomic E-state index is -3.63. The van der Waals surface area contributed by atoms with Crippen molar-refractivity contribution >= 4 is 39.3 Å². The average molecular weight is 459 g/mol. The Hall–Kier alpha value is -2.18. The van der Waals surface area contributed by atoms with E-state index in [-0.39, 0.29) is 30.1 Å². The molecule has 2 atom stereocenters. The van der Waals surface area contributed by atoms with Gasteiger partial charge in [-0.05, 0) is 31.2 Å². The quantitative estimate of drug-likeness (QED) is 0.650. The van der Waals surface area contributed by atoms with Crippen molar-refractivity contribution in [2.75, 3.05) is 33.7 Å². The van der Waals surface area contributed by atoms with Gasteiger partial charge < -0.3 is 20.3 Å². The van der Waals surface area contributed by atoms with E-state index in [0.29, 0.717) is 6.54 Å². The third-order valence-corrected chi connectivity index (χ3v) is 9.16. The highest BCUT2D eigenvalue weighted by Crippen LogP contribution is 2.45. The van der Waals surface area contributed by atoms with Crippen LogP contribution < -0.4 is 10.6 Å². The number of piperidine rings is 1. The minimum absolute atomic E-state index is 0.152. The van der Waals surface area contributed by atoms with E-state index in [9.17, 15) is 22.8 Å². The Kier molecular flexibility index (Phi) is 6.39. The van der Waals surface area contributed by atoms with E-state index in [0.717, 1.165) is 11.3 Å². The van der Waals surface area contributed by atoms with Crippen molar-refractivity contribution in [3.05, 3.63) is 17.5 Å². The molecule has 30 heavy (non-hydrogen) atoms. The SMILES string of the molecule is CCNC(=O)O[C@H]1C(=O)N(C)C2(CCN(S(=O)(=O)c3cccs3)CC2)[C@@H]1C(=O)NC. The minimum Gasteiger partial charge on any atom is -0.435 e. The Balaban J connectivity index is 1.87. The second kappa shape index (κ2) is 8.52. The molecule has 0 bridgehead atoms. The Bertz CT molecular complexity index is 909. The molecule has 0 unspecified atom stereocenters. The average Bonchev–Trinajstić information content (AvgIpc) is 3.33. The van der Waals surface area contributed by atoms with Crippen LogP contribution in [0.5, 0.6) is 0 Å². The maximum absolute atomic E-state index is 12.9. The molecule has 0 aromatic carbocycles. The number of likely N-dealkylation sites (N-methyl/N-ethyl adjacent to an activating group) is 1. The molecule has 2 aliphatic heterocycles. The highest BCUT2D eigenvalue weighted by Gasteiger charge is 2.62. The fourth-order valence-electron chi connectivity index (χ4n) is 4.30. The van der Waals surface area contributed by atoms with Gasteiger partial charge in [0.15, 0.2) is 6.10 Å². The van der Waals surface area contributed by atoms with Gasteiger partial charge in [-0.1, -0.05) is 6.07 Å². The van der Waals surface area contributed by atoms with Crippen molar-refractivity contribution in [3.8, 4) is 0 Å². The lowest BCUT2D eigenvalue weighted by atomic mass is 9.76. The molecule has 3 amide bonds. The Morgan fingerprint density at radius 1 is 1.33 bits per heavy atom. The van der Waals surface area contributed by atoms with E-state index in [1.807, 2.05) is 0 Å². The highest BCUT2D eigenvalue weighted by molar-refractivity contribution is 7.91. The van der Waals surface area contributed by atoms with Crippen LogP contribution in [0.4, 0.5) is 4.79 Å². The summed E-state index contributed by atoms with van der Waals surface area (Å²) in [6, 6.07) is 3.23. The fraction of sp³-hybridized carbons (Fsp3) is 0.611. The number of thiophene rings is 1. The molecule has 10 nitrogen and oxygen atoms in total. The zero-order valence-electron chi connectivity index (χ0n) is 17.1. The topological polar surface area (TPSA) is 125 Å². The molecule has 166 valence electrons. The first-order valence-electron chi connectivity index (χ1n) is 9.66. The van der Waals surface area contributed by atoms with E-state index in [1.165, 1.54) is 16.3 Å². The van der Waals surface area contributed by atoms with Crippen LogP contribution in [-0.4, -0.2) is 80.9 Å². The van der Waals surface area contributed by atoms with E-state index in [1.54, 1.807) is 31.5 Å². The smallest absolute Gasteiger partial charge is 0.407 e. The molecule has 12 heteroatoms. The molecular weight excluding hydrogens is 432 g/mol. The second-order valence-corrected chi connectivity index (χ2v) is 10.4. The number of likely N-dealkylation sites (tertiary alicyclic amines) is 1. The van der Waals surface area contributed by atoms with Crippen LogP contribution in [0.3, 0.4) is 0 Å². The van der Waals surface area contributed by atoms with Gasteiger partial charge in [-0.15, -0.1) is 11.3 Å². The molecule has 2 aliphatic rings. The van der Waals surface area contributed by atoms with Crippen molar-refractivity contribution in [1.29, 1.82) is 0 Å². The van der Waals surface area contributed by atoms with Crippen LogP contribution in [0.25, 0.3) is 0 Å². The highest BCUT2D eigenvalue weighted by atomic mass is 32.2. The largest absolute Gasteiger partial charge is 0.435 e. The van der Waals surface area contributed by atoms with Gasteiger partial charge in [0.1, 0.15) is 10.1 Å². The summed E-state index contributed by atoms with van der Waals surface area (Å²) in [7, 11) is -0.598. The molecule has 2 N–H and O–H groups in total. The lowest BCUT2D eigenvalue weighted by molar-refractivity contribution is -0.137. The van der Waals surface area contributed by atoms with E-state index in [4.69, 9.17) is 4.74 Å². The third kappa shape index (κ3) is 3.67. The monoisotopic (exact) mass is 458 g/mol. The van der Waals surface area contributed by atoms with Crippen molar-refractivity contribution < 1.29 is 27.5 Å². The normalized spacial score (nSPS) is 24.1. The van der Waals surface area contributed by atoms with Crippen LogP contribution in [0.15, 0.2) is 21.7 Å². The standard InChI is InChI=1S/C18H26N4O6S2/c1-4-20-17(25)28-14-13(15(23)19-2)18(21(3)16(14)24)7-9-22(10-8-18)30(26,27)12-6-5-11-29-12/h5-6,11,13-14H,4,7-10H2,1-3H3,(H,19,23)(H,20,25)/t13-,14+/m0/s1. The predicted molar refractivity (Wildman–Crippen MR) is 109 cm³/mol. The van der Waals surface area contributed by atoms with Crippen molar-refractivity contribution in [3.63, 3.8) is 0 Å². The number of hydrogen-bond donors (Lipinski definition) is 2. The zero-order chi connectivity index (χ0) is 22.1. The van der Waals surface area contributed by atoms with Crippen molar-refractivity contribution in [1.82, 2.24) is 19.8 Å².